The van der Waals surface area contributed by atoms with E-state index in [-0.39, 0.29) is 11.3 Å². The number of amides is 3. The molecule has 0 radical (unpaired) electrons. The van der Waals surface area contributed by atoms with Gasteiger partial charge in [0.05, 0.1) is 6.61 Å². The van der Waals surface area contributed by atoms with Crippen LogP contribution >= 0.6 is 0 Å². The molecule has 4 N–H and O–H groups in total. The van der Waals surface area contributed by atoms with Crippen molar-refractivity contribution in [2.45, 2.75) is 31.2 Å². The van der Waals surface area contributed by atoms with Gasteiger partial charge in [0.1, 0.15) is 6.04 Å². The Balaban J connectivity index is 1.99. The third-order valence-corrected chi connectivity index (χ3v) is 4.45. The number of benzene rings is 1. The maximum atomic E-state index is 12.3. The van der Waals surface area contributed by atoms with E-state index in [1.54, 1.807) is 4.90 Å². The summed E-state index contributed by atoms with van der Waals surface area (Å²) in [4.78, 5) is 24.9. The van der Waals surface area contributed by atoms with Crippen LogP contribution in [0.2, 0.25) is 0 Å². The Morgan fingerprint density at radius 2 is 1.91 bits per heavy atom. The van der Waals surface area contributed by atoms with Crippen molar-refractivity contribution in [3.63, 3.8) is 0 Å². The van der Waals surface area contributed by atoms with Crippen molar-refractivity contribution in [1.82, 2.24) is 10.2 Å². The summed E-state index contributed by atoms with van der Waals surface area (Å²) in [6.45, 7) is 2.95. The Kier molecular flexibility index (Phi) is 5.03. The van der Waals surface area contributed by atoms with E-state index in [0.29, 0.717) is 13.1 Å². The SMILES string of the molecule is CC1(c2ccccc2)CCN(C(=O)C(CO)NC(N)=O)CC1. The number of hydrogen-bond acceptors (Lipinski definition) is 3. The van der Waals surface area contributed by atoms with E-state index in [0.717, 1.165) is 12.8 Å². The number of carbonyl (C=O) groups is 2. The second-order valence-electron chi connectivity index (χ2n) is 6.00. The fourth-order valence-electron chi connectivity index (χ4n) is 2.93. The molecule has 0 aromatic heterocycles. The van der Waals surface area contributed by atoms with E-state index in [2.05, 4.69) is 24.4 Å². The maximum absolute atomic E-state index is 12.3. The highest BCUT2D eigenvalue weighted by atomic mass is 16.3. The second kappa shape index (κ2) is 6.79. The minimum absolute atomic E-state index is 0.0455. The van der Waals surface area contributed by atoms with E-state index in [1.807, 2.05) is 18.2 Å². The highest BCUT2D eigenvalue weighted by Gasteiger charge is 2.35. The van der Waals surface area contributed by atoms with E-state index >= 15 is 0 Å². The van der Waals surface area contributed by atoms with E-state index in [9.17, 15) is 14.7 Å². The number of urea groups is 1. The molecule has 1 aliphatic rings. The highest BCUT2D eigenvalue weighted by molar-refractivity contribution is 5.86. The molecule has 1 saturated heterocycles. The molecular formula is C16H23N3O3. The van der Waals surface area contributed by atoms with Crippen molar-refractivity contribution < 1.29 is 14.7 Å². The number of aliphatic hydroxyl groups excluding tert-OH is 1. The molecule has 1 atom stereocenters. The molecule has 0 bridgehead atoms. The molecule has 1 unspecified atom stereocenters. The Morgan fingerprint density at radius 1 is 1.32 bits per heavy atom. The van der Waals surface area contributed by atoms with Gasteiger partial charge < -0.3 is 21.1 Å². The van der Waals surface area contributed by atoms with Crippen LogP contribution in [0.5, 0.6) is 0 Å². The fraction of sp³-hybridized carbons (Fsp3) is 0.500. The van der Waals surface area contributed by atoms with Gasteiger partial charge in [-0.2, -0.15) is 0 Å². The smallest absolute Gasteiger partial charge is 0.312 e. The van der Waals surface area contributed by atoms with Gasteiger partial charge in [0.15, 0.2) is 0 Å². The molecule has 2 rings (SSSR count). The van der Waals surface area contributed by atoms with Gasteiger partial charge in [0.25, 0.3) is 0 Å². The summed E-state index contributed by atoms with van der Waals surface area (Å²) in [7, 11) is 0. The molecule has 1 aromatic carbocycles. The number of nitrogens with one attached hydrogen (secondary N) is 1. The summed E-state index contributed by atoms with van der Waals surface area (Å²) < 4.78 is 0. The first-order valence-corrected chi connectivity index (χ1v) is 7.47. The van der Waals surface area contributed by atoms with Gasteiger partial charge in [0.2, 0.25) is 5.91 Å². The van der Waals surface area contributed by atoms with E-state index in [4.69, 9.17) is 5.73 Å². The molecule has 3 amide bonds. The quantitative estimate of drug-likeness (QED) is 0.760. The van der Waals surface area contributed by atoms with Crippen molar-refractivity contribution >= 4 is 11.9 Å². The lowest BCUT2D eigenvalue weighted by atomic mass is 9.74. The van der Waals surface area contributed by atoms with Crippen LogP contribution in [-0.2, 0) is 10.2 Å². The summed E-state index contributed by atoms with van der Waals surface area (Å²) in [5.41, 5.74) is 6.34. The number of nitrogens with two attached hydrogens (primary N) is 1. The average molecular weight is 305 g/mol. The third kappa shape index (κ3) is 3.57. The number of likely N-dealkylation sites (tertiary alicyclic amines) is 1. The highest BCUT2D eigenvalue weighted by Crippen LogP contribution is 2.34. The van der Waals surface area contributed by atoms with Gasteiger partial charge >= 0.3 is 6.03 Å². The number of piperidine rings is 1. The Hall–Kier alpha value is -2.08. The standard InChI is InChI=1S/C16H23N3O3/c1-16(12-5-3-2-4-6-12)7-9-19(10-8-16)14(21)13(11-20)18-15(17)22/h2-6,13,20H,7-11H2,1H3,(H3,17,18,22). The molecular weight excluding hydrogens is 282 g/mol. The molecule has 1 heterocycles. The van der Waals surface area contributed by atoms with Gasteiger partial charge in [-0.3, -0.25) is 4.79 Å². The van der Waals surface area contributed by atoms with Crippen LogP contribution in [0.3, 0.4) is 0 Å². The second-order valence-corrected chi connectivity index (χ2v) is 6.00. The van der Waals surface area contributed by atoms with Crippen LogP contribution in [0.4, 0.5) is 4.79 Å². The molecule has 6 heteroatoms. The van der Waals surface area contributed by atoms with E-state index < -0.39 is 18.7 Å². The molecule has 22 heavy (non-hydrogen) atoms. The topological polar surface area (TPSA) is 95.7 Å². The van der Waals surface area contributed by atoms with Crippen LogP contribution in [0.1, 0.15) is 25.3 Å². The van der Waals surface area contributed by atoms with Gasteiger partial charge in [-0.1, -0.05) is 37.3 Å². The predicted molar refractivity (Wildman–Crippen MR) is 83.2 cm³/mol. The zero-order valence-electron chi connectivity index (χ0n) is 12.8. The van der Waals surface area contributed by atoms with Crippen molar-refractivity contribution in [3.8, 4) is 0 Å². The first-order valence-electron chi connectivity index (χ1n) is 7.47. The number of aliphatic hydroxyl groups is 1. The molecule has 6 nitrogen and oxygen atoms in total. The predicted octanol–water partition coefficient (Wildman–Crippen LogP) is 0.596. The first-order chi connectivity index (χ1) is 10.5. The summed E-state index contributed by atoms with van der Waals surface area (Å²) in [6.07, 6.45) is 1.69. The summed E-state index contributed by atoms with van der Waals surface area (Å²) in [6, 6.07) is 8.50. The summed E-state index contributed by atoms with van der Waals surface area (Å²) >= 11 is 0. The molecule has 1 aliphatic heterocycles. The van der Waals surface area contributed by atoms with Crippen LogP contribution in [0.25, 0.3) is 0 Å². The minimum Gasteiger partial charge on any atom is -0.394 e. The van der Waals surface area contributed by atoms with Gasteiger partial charge in [-0.15, -0.1) is 0 Å². The van der Waals surface area contributed by atoms with Gasteiger partial charge in [0, 0.05) is 13.1 Å². The van der Waals surface area contributed by atoms with Gasteiger partial charge in [-0.25, -0.2) is 4.79 Å². The molecule has 0 spiro atoms. The largest absolute Gasteiger partial charge is 0.394 e. The minimum atomic E-state index is -0.960. The molecule has 1 aromatic rings. The summed E-state index contributed by atoms with van der Waals surface area (Å²) in [5.74, 6) is -0.281. The monoisotopic (exact) mass is 305 g/mol. The average Bonchev–Trinajstić information content (AvgIpc) is 2.53. The number of hydrogen-bond donors (Lipinski definition) is 3. The number of primary amides is 1. The molecule has 0 aliphatic carbocycles. The number of nitrogens with zero attached hydrogens (tertiary/aromatic N) is 1. The maximum Gasteiger partial charge on any atom is 0.312 e. The normalized spacial score (nSPS) is 18.5. The van der Waals surface area contributed by atoms with E-state index in [1.165, 1.54) is 5.56 Å². The number of carbonyl (C=O) groups excluding carboxylic acids is 2. The summed E-state index contributed by atoms with van der Waals surface area (Å²) in [5, 5.41) is 11.5. The third-order valence-electron chi connectivity index (χ3n) is 4.45. The van der Waals surface area contributed by atoms with Crippen LogP contribution in [0.15, 0.2) is 30.3 Å². The van der Waals surface area contributed by atoms with Gasteiger partial charge in [-0.05, 0) is 23.8 Å². The first kappa shape index (κ1) is 16.3. The lowest BCUT2D eigenvalue weighted by molar-refractivity contribution is -0.135. The van der Waals surface area contributed by atoms with Crippen molar-refractivity contribution in [1.29, 1.82) is 0 Å². The van der Waals surface area contributed by atoms with Crippen LogP contribution < -0.4 is 11.1 Å². The lowest BCUT2D eigenvalue weighted by Crippen LogP contribution is -2.54. The zero-order chi connectivity index (χ0) is 16.2. The van der Waals surface area contributed by atoms with Crippen LogP contribution in [-0.4, -0.2) is 47.7 Å². The zero-order valence-corrected chi connectivity index (χ0v) is 12.8. The number of rotatable bonds is 4. The molecule has 120 valence electrons. The Morgan fingerprint density at radius 3 is 2.41 bits per heavy atom. The van der Waals surface area contributed by atoms with Crippen molar-refractivity contribution in [3.05, 3.63) is 35.9 Å². The van der Waals surface area contributed by atoms with Crippen molar-refractivity contribution in [2.75, 3.05) is 19.7 Å². The van der Waals surface area contributed by atoms with Crippen LogP contribution in [0, 0.1) is 0 Å². The lowest BCUT2D eigenvalue weighted by Gasteiger charge is -2.40. The van der Waals surface area contributed by atoms with Crippen molar-refractivity contribution in [2.24, 2.45) is 5.73 Å². The molecule has 1 fully saturated rings. The molecule has 0 saturated carbocycles. The fourth-order valence-corrected chi connectivity index (χ4v) is 2.93. The Labute approximate surface area is 130 Å². The Bertz CT molecular complexity index is 525.